The number of sulfonamides is 1. The SMILES string of the molecule is CCCCc1ccc(NC(=O)OC2CCC(NS(=O)(=O)C(C)C)CC2)cc1.CCCCc1ccc(NC(=O)OC2CCC(NS(=O)C(C)C)CC2)cc1. The third kappa shape index (κ3) is 16.9. The first-order valence-corrected chi connectivity index (χ1v) is 22.3. The topological polar surface area (TPSA) is 152 Å². The molecular weight excluding hydrogens is 713 g/mol. The van der Waals surface area contributed by atoms with Crippen LogP contribution in [0, 0.1) is 0 Å². The lowest BCUT2D eigenvalue weighted by atomic mass is 9.94. The van der Waals surface area contributed by atoms with E-state index in [0.717, 1.165) is 62.7 Å². The fourth-order valence-corrected chi connectivity index (χ4v) is 7.94. The van der Waals surface area contributed by atoms with Crippen LogP contribution < -0.4 is 20.1 Å². The molecule has 2 aliphatic carbocycles. The van der Waals surface area contributed by atoms with Crippen LogP contribution in [0.5, 0.6) is 0 Å². The number of benzene rings is 2. The Morgan fingerprint density at radius 3 is 1.43 bits per heavy atom. The van der Waals surface area contributed by atoms with E-state index in [1.807, 2.05) is 50.2 Å². The van der Waals surface area contributed by atoms with Gasteiger partial charge in [0, 0.05) is 28.7 Å². The molecule has 4 rings (SSSR count). The van der Waals surface area contributed by atoms with Crippen molar-refractivity contribution in [1.29, 1.82) is 0 Å². The third-order valence-corrected chi connectivity index (χ3v) is 12.9. The van der Waals surface area contributed by atoms with E-state index in [4.69, 9.17) is 9.47 Å². The molecule has 2 aromatic carbocycles. The van der Waals surface area contributed by atoms with Crippen LogP contribution in [0.25, 0.3) is 0 Å². The number of unbranched alkanes of at least 4 members (excludes halogenated alkanes) is 2. The highest BCUT2D eigenvalue weighted by molar-refractivity contribution is 7.90. The maximum Gasteiger partial charge on any atom is 0.411 e. The van der Waals surface area contributed by atoms with Crippen molar-refractivity contribution in [2.75, 3.05) is 10.6 Å². The highest BCUT2D eigenvalue weighted by Crippen LogP contribution is 2.24. The van der Waals surface area contributed by atoms with E-state index in [1.165, 1.54) is 24.0 Å². The molecule has 0 saturated heterocycles. The van der Waals surface area contributed by atoms with E-state index in [-0.39, 0.29) is 29.5 Å². The van der Waals surface area contributed by atoms with E-state index in [2.05, 4.69) is 46.1 Å². The van der Waals surface area contributed by atoms with Gasteiger partial charge < -0.3 is 9.47 Å². The Morgan fingerprint density at radius 2 is 1.08 bits per heavy atom. The van der Waals surface area contributed by atoms with Crippen molar-refractivity contribution in [1.82, 2.24) is 9.44 Å². The number of carbonyl (C=O) groups excluding carboxylic acids is 2. The minimum atomic E-state index is -3.26. The Kier molecular flexibility index (Phi) is 19.3. The lowest BCUT2D eigenvalue weighted by molar-refractivity contribution is 0.0807. The second kappa shape index (κ2) is 23.0. The zero-order valence-corrected chi connectivity index (χ0v) is 34.3. The molecule has 0 heterocycles. The first kappa shape index (κ1) is 44.4. The zero-order chi connectivity index (χ0) is 38.8. The largest absolute Gasteiger partial charge is 0.446 e. The summed E-state index contributed by atoms with van der Waals surface area (Å²) in [6.45, 7) is 11.6. The van der Waals surface area contributed by atoms with Gasteiger partial charge in [-0.05, 0) is 140 Å². The van der Waals surface area contributed by atoms with Crippen LogP contribution >= 0.6 is 0 Å². The first-order chi connectivity index (χ1) is 25.3. The van der Waals surface area contributed by atoms with Gasteiger partial charge in [-0.2, -0.15) is 0 Å². The maximum atomic E-state index is 12.1. The summed E-state index contributed by atoms with van der Waals surface area (Å²) >= 11 is 0. The number of nitrogens with one attached hydrogen (secondary N) is 4. The third-order valence-electron chi connectivity index (χ3n) is 9.60. The van der Waals surface area contributed by atoms with Gasteiger partial charge in [-0.15, -0.1) is 0 Å². The van der Waals surface area contributed by atoms with Crippen LogP contribution in [-0.2, 0) is 43.3 Å². The number of aryl methyl sites for hydroxylation is 2. The Morgan fingerprint density at radius 1 is 0.679 bits per heavy atom. The Hall–Kier alpha value is -3.00. The predicted octanol–water partition coefficient (Wildman–Crippen LogP) is 8.77. The molecule has 4 N–H and O–H groups in total. The molecule has 2 fully saturated rings. The smallest absolute Gasteiger partial charge is 0.411 e. The average Bonchev–Trinajstić information content (AvgIpc) is 3.12. The molecule has 1 atom stereocenters. The van der Waals surface area contributed by atoms with Gasteiger partial charge in [0.25, 0.3) is 0 Å². The number of amides is 2. The number of anilines is 2. The molecule has 2 amide bonds. The van der Waals surface area contributed by atoms with E-state index in [9.17, 15) is 22.2 Å². The van der Waals surface area contributed by atoms with Gasteiger partial charge in [-0.1, -0.05) is 51.0 Å². The highest BCUT2D eigenvalue weighted by atomic mass is 32.2. The van der Waals surface area contributed by atoms with Crippen LogP contribution in [0.3, 0.4) is 0 Å². The molecule has 2 aliphatic rings. The summed E-state index contributed by atoms with van der Waals surface area (Å²) in [5.74, 6) is 0. The molecule has 0 radical (unpaired) electrons. The lowest BCUT2D eigenvalue weighted by Gasteiger charge is -2.29. The quantitative estimate of drug-likeness (QED) is 0.133. The molecular formula is C40H64N4O7S2. The van der Waals surface area contributed by atoms with Crippen molar-refractivity contribution >= 4 is 44.6 Å². The number of carbonyl (C=O) groups is 2. The fourth-order valence-electron chi connectivity index (χ4n) is 6.13. The summed E-state index contributed by atoms with van der Waals surface area (Å²) in [6, 6.07) is 16.0. The summed E-state index contributed by atoms with van der Waals surface area (Å²) in [7, 11) is -4.25. The minimum Gasteiger partial charge on any atom is -0.446 e. The standard InChI is InChI=1S/C20H32N2O4S.C20H32N2O3S/c1-4-5-6-16-7-9-17(10-8-16)21-20(23)26-19-13-11-18(12-14-19)22-27(24,25)15(2)3;1-4-5-6-16-7-9-17(10-8-16)21-20(23)25-19-13-11-18(12-14-19)22-26(24)15(2)3/h7-10,15,18-19,22H,4-6,11-14H2,1-3H3,(H,21,23);7-10,15,18-19,22H,4-6,11-14H2,1-3H3,(H,21,23). The number of hydrogen-bond donors (Lipinski definition) is 4. The molecule has 11 nitrogen and oxygen atoms in total. The van der Waals surface area contributed by atoms with Gasteiger partial charge in [0.1, 0.15) is 12.2 Å². The Balaban J connectivity index is 0.000000286. The molecule has 0 aliphatic heterocycles. The molecule has 0 bridgehead atoms. The Labute approximate surface area is 321 Å². The van der Waals surface area contributed by atoms with Gasteiger partial charge >= 0.3 is 12.2 Å². The molecule has 2 aromatic rings. The predicted molar refractivity (Wildman–Crippen MR) is 216 cm³/mol. The molecule has 1 unspecified atom stereocenters. The minimum absolute atomic E-state index is 0.0654. The fraction of sp³-hybridized carbons (Fsp3) is 0.650. The van der Waals surface area contributed by atoms with Crippen LogP contribution in [0.1, 0.15) is 130 Å². The summed E-state index contributed by atoms with van der Waals surface area (Å²) < 4.78 is 52.7. The highest BCUT2D eigenvalue weighted by Gasteiger charge is 2.28. The normalized spacial score (nSPS) is 20.9. The number of rotatable bonds is 16. The van der Waals surface area contributed by atoms with Crippen molar-refractivity contribution in [3.8, 4) is 0 Å². The average molecular weight is 777 g/mol. The van der Waals surface area contributed by atoms with E-state index in [0.29, 0.717) is 25.7 Å². The van der Waals surface area contributed by atoms with Crippen LogP contribution in [0.2, 0.25) is 0 Å². The summed E-state index contributed by atoms with van der Waals surface area (Å²) in [5, 5.41) is 5.24. The van der Waals surface area contributed by atoms with Crippen molar-refractivity contribution in [3.05, 3.63) is 59.7 Å². The zero-order valence-electron chi connectivity index (χ0n) is 32.7. The summed E-state index contributed by atoms with van der Waals surface area (Å²) in [6.07, 6.45) is 11.7. The van der Waals surface area contributed by atoms with Crippen LogP contribution in [0.15, 0.2) is 48.5 Å². The second-order valence-corrected chi connectivity index (χ2v) is 18.8. The molecule has 2 saturated carbocycles. The molecule has 13 heteroatoms. The second-order valence-electron chi connectivity index (χ2n) is 14.8. The monoisotopic (exact) mass is 776 g/mol. The van der Waals surface area contributed by atoms with Gasteiger partial charge in [0.15, 0.2) is 0 Å². The summed E-state index contributed by atoms with van der Waals surface area (Å²) in [4.78, 5) is 24.2. The molecule has 0 aromatic heterocycles. The molecule has 0 spiro atoms. The number of ether oxygens (including phenoxy) is 2. The van der Waals surface area contributed by atoms with Crippen molar-refractivity contribution in [2.45, 2.75) is 166 Å². The molecule has 298 valence electrons. The number of hydrogen-bond acceptors (Lipinski definition) is 7. The van der Waals surface area contributed by atoms with E-state index in [1.54, 1.807) is 13.8 Å². The van der Waals surface area contributed by atoms with Crippen molar-refractivity contribution in [2.24, 2.45) is 0 Å². The van der Waals surface area contributed by atoms with Crippen molar-refractivity contribution in [3.63, 3.8) is 0 Å². The maximum absolute atomic E-state index is 12.1. The lowest BCUT2D eigenvalue weighted by Crippen LogP contribution is -2.42. The van der Waals surface area contributed by atoms with Gasteiger partial charge in [0.05, 0.1) is 16.2 Å². The Bertz CT molecular complexity index is 1500. The first-order valence-electron chi connectivity index (χ1n) is 19.6. The van der Waals surface area contributed by atoms with Crippen LogP contribution in [0.4, 0.5) is 21.0 Å². The van der Waals surface area contributed by atoms with Gasteiger partial charge in [-0.3, -0.25) is 10.6 Å². The summed E-state index contributed by atoms with van der Waals surface area (Å²) in [5.41, 5.74) is 4.03. The van der Waals surface area contributed by atoms with Gasteiger partial charge in [0.2, 0.25) is 10.0 Å². The van der Waals surface area contributed by atoms with E-state index >= 15 is 0 Å². The van der Waals surface area contributed by atoms with Crippen LogP contribution in [-0.4, -0.2) is 59.6 Å². The van der Waals surface area contributed by atoms with Crippen molar-refractivity contribution < 1.29 is 31.7 Å². The van der Waals surface area contributed by atoms with Gasteiger partial charge in [-0.25, -0.2) is 31.7 Å². The van der Waals surface area contributed by atoms with E-state index < -0.39 is 38.4 Å². The molecule has 53 heavy (non-hydrogen) atoms.